The van der Waals surface area contributed by atoms with E-state index in [9.17, 15) is 0 Å². The molecule has 38 heavy (non-hydrogen) atoms. The molecule has 0 unspecified atom stereocenters. The van der Waals surface area contributed by atoms with E-state index in [0.717, 1.165) is 60.6 Å². The van der Waals surface area contributed by atoms with E-state index in [2.05, 4.69) is 16.3 Å². The quantitative estimate of drug-likeness (QED) is 0.239. The number of fused-ring (bicyclic) bond motifs is 2. The summed E-state index contributed by atoms with van der Waals surface area (Å²) < 4.78 is 13.3. The van der Waals surface area contributed by atoms with Crippen molar-refractivity contribution in [3.63, 3.8) is 0 Å². The summed E-state index contributed by atoms with van der Waals surface area (Å²) >= 11 is 1.51. The predicted molar refractivity (Wildman–Crippen MR) is 148 cm³/mol. The molecule has 184 valence electrons. The fourth-order valence-corrected chi connectivity index (χ4v) is 5.40. The molecule has 0 saturated carbocycles. The van der Waals surface area contributed by atoms with Crippen molar-refractivity contribution in [3.8, 4) is 39.1 Å². The van der Waals surface area contributed by atoms with Gasteiger partial charge >= 0.3 is 0 Å². The van der Waals surface area contributed by atoms with Crippen LogP contribution in [-0.4, -0.2) is 31.9 Å². The lowest BCUT2D eigenvalue weighted by atomic mass is 10.1. The molecule has 0 radical (unpaired) electrons. The molecular weight excluding hydrogens is 494 g/mol. The van der Waals surface area contributed by atoms with Crippen LogP contribution in [-0.2, 0) is 6.42 Å². The van der Waals surface area contributed by atoms with E-state index < -0.39 is 0 Å². The van der Waals surface area contributed by atoms with Crippen LogP contribution in [0.4, 0.5) is 0 Å². The van der Waals surface area contributed by atoms with Crippen LogP contribution in [0.5, 0.6) is 5.75 Å². The number of para-hydroxylation sites is 1. The number of rotatable bonds is 6. The Kier molecular flexibility index (Phi) is 5.44. The first-order valence-corrected chi connectivity index (χ1v) is 13.0. The summed E-state index contributed by atoms with van der Waals surface area (Å²) in [7, 11) is 1.66. The number of hydrogen-bond donors (Lipinski definition) is 0. The third kappa shape index (κ3) is 4.01. The number of aromatic nitrogens is 5. The van der Waals surface area contributed by atoms with Gasteiger partial charge in [0.15, 0.2) is 11.6 Å². The molecule has 4 heterocycles. The van der Waals surface area contributed by atoms with Crippen molar-refractivity contribution >= 4 is 27.2 Å². The van der Waals surface area contributed by atoms with Crippen molar-refractivity contribution in [1.82, 2.24) is 24.8 Å². The summed E-state index contributed by atoms with van der Waals surface area (Å²) in [5, 5.41) is 15.6. The molecule has 0 spiro atoms. The molecular formula is C30H21N5O2S. The van der Waals surface area contributed by atoms with Crippen molar-refractivity contribution in [3.05, 3.63) is 108 Å². The van der Waals surface area contributed by atoms with Crippen LogP contribution in [0.25, 0.3) is 49.2 Å². The average molecular weight is 516 g/mol. The fourth-order valence-electron chi connectivity index (χ4n) is 4.51. The van der Waals surface area contributed by atoms with E-state index >= 15 is 0 Å². The minimum absolute atomic E-state index is 0.616. The second kappa shape index (κ2) is 9.24. The molecule has 0 amide bonds. The maximum Gasteiger partial charge on any atom is 0.234 e. The van der Waals surface area contributed by atoms with Gasteiger partial charge in [0, 0.05) is 22.9 Å². The Labute approximate surface area is 222 Å². The van der Waals surface area contributed by atoms with Gasteiger partial charge < -0.3 is 9.15 Å². The first-order valence-electron chi connectivity index (χ1n) is 12.1. The van der Waals surface area contributed by atoms with E-state index in [1.165, 1.54) is 11.3 Å². The predicted octanol–water partition coefficient (Wildman–Crippen LogP) is 6.93. The van der Waals surface area contributed by atoms with Crippen LogP contribution in [0, 0.1) is 0 Å². The van der Waals surface area contributed by atoms with Crippen LogP contribution in [0.15, 0.2) is 101 Å². The number of nitrogens with zero attached hydrogens (tertiary/aromatic N) is 5. The Hall–Kier alpha value is -4.82. The highest BCUT2D eigenvalue weighted by atomic mass is 32.1. The van der Waals surface area contributed by atoms with Gasteiger partial charge in [0.2, 0.25) is 4.96 Å². The van der Waals surface area contributed by atoms with Crippen molar-refractivity contribution in [2.24, 2.45) is 0 Å². The summed E-state index contributed by atoms with van der Waals surface area (Å²) in [6.07, 6.45) is 0.616. The molecule has 0 aliphatic rings. The molecule has 0 N–H and O–H groups in total. The first kappa shape index (κ1) is 22.4. The van der Waals surface area contributed by atoms with Crippen molar-refractivity contribution < 1.29 is 9.15 Å². The molecule has 8 heteroatoms. The number of methoxy groups -OCH3 is 1. The molecule has 7 rings (SSSR count). The van der Waals surface area contributed by atoms with Crippen molar-refractivity contribution in [1.29, 1.82) is 0 Å². The first-order chi connectivity index (χ1) is 18.7. The topological polar surface area (TPSA) is 78.3 Å². The molecule has 4 aromatic heterocycles. The van der Waals surface area contributed by atoms with Gasteiger partial charge in [-0.1, -0.05) is 72.0 Å². The molecule has 7 nitrogen and oxygen atoms in total. The van der Waals surface area contributed by atoms with Crippen LogP contribution < -0.4 is 4.74 Å². The third-order valence-corrected chi connectivity index (χ3v) is 7.37. The maximum atomic E-state index is 6.23. The van der Waals surface area contributed by atoms with E-state index in [1.807, 2.05) is 95.5 Å². The fraction of sp³-hybridized carbons (Fsp3) is 0.0667. The summed E-state index contributed by atoms with van der Waals surface area (Å²) in [6.45, 7) is 0. The van der Waals surface area contributed by atoms with Gasteiger partial charge in [-0.2, -0.15) is 9.61 Å². The SMILES string of the molecule is COc1ccc(Cc2nnc3sc(-c4cc(-c5ccc(-c6ccccc6)o5)nc5ccccc45)nn23)cc1. The van der Waals surface area contributed by atoms with Crippen molar-refractivity contribution in [2.75, 3.05) is 7.11 Å². The van der Waals surface area contributed by atoms with E-state index in [1.54, 1.807) is 7.11 Å². The van der Waals surface area contributed by atoms with Crippen LogP contribution >= 0.6 is 11.3 Å². The van der Waals surface area contributed by atoms with Crippen LogP contribution in [0.3, 0.4) is 0 Å². The molecule has 0 saturated heterocycles. The number of pyridine rings is 1. The second-order valence-electron chi connectivity index (χ2n) is 8.84. The Morgan fingerprint density at radius 3 is 2.47 bits per heavy atom. The highest BCUT2D eigenvalue weighted by Crippen LogP contribution is 2.36. The minimum atomic E-state index is 0.616. The largest absolute Gasteiger partial charge is 0.497 e. The highest BCUT2D eigenvalue weighted by molar-refractivity contribution is 7.19. The molecule has 0 bridgehead atoms. The van der Waals surface area contributed by atoms with E-state index in [0.29, 0.717) is 12.2 Å². The van der Waals surface area contributed by atoms with Crippen molar-refractivity contribution in [2.45, 2.75) is 6.42 Å². The van der Waals surface area contributed by atoms with Crippen LogP contribution in [0.1, 0.15) is 11.4 Å². The zero-order chi connectivity index (χ0) is 25.5. The summed E-state index contributed by atoms with van der Waals surface area (Å²) in [5.41, 5.74) is 4.75. The van der Waals surface area contributed by atoms with E-state index in [-0.39, 0.29) is 0 Å². The lowest BCUT2D eigenvalue weighted by molar-refractivity contribution is 0.414. The number of furan rings is 1. The monoisotopic (exact) mass is 515 g/mol. The summed E-state index contributed by atoms with van der Waals surface area (Å²) in [4.78, 5) is 5.65. The average Bonchev–Trinajstić information content (AvgIpc) is 3.71. The molecule has 3 aromatic carbocycles. The highest BCUT2D eigenvalue weighted by Gasteiger charge is 2.18. The minimum Gasteiger partial charge on any atom is -0.497 e. The van der Waals surface area contributed by atoms with Crippen LogP contribution in [0.2, 0.25) is 0 Å². The lowest BCUT2D eigenvalue weighted by Crippen LogP contribution is -1.98. The summed E-state index contributed by atoms with van der Waals surface area (Å²) in [6, 6.07) is 32.1. The van der Waals surface area contributed by atoms with E-state index in [4.69, 9.17) is 19.2 Å². The van der Waals surface area contributed by atoms with Gasteiger partial charge in [0.1, 0.15) is 22.2 Å². The maximum absolute atomic E-state index is 6.23. The Balaban J connectivity index is 1.29. The second-order valence-corrected chi connectivity index (χ2v) is 9.80. The number of benzene rings is 3. The smallest absolute Gasteiger partial charge is 0.234 e. The molecule has 0 atom stereocenters. The Bertz CT molecular complexity index is 1890. The van der Waals surface area contributed by atoms with Gasteiger partial charge in [-0.15, -0.1) is 10.2 Å². The zero-order valence-electron chi connectivity index (χ0n) is 20.4. The van der Waals surface area contributed by atoms with Gasteiger partial charge in [0.05, 0.1) is 12.6 Å². The molecule has 7 aromatic rings. The van der Waals surface area contributed by atoms with Gasteiger partial charge in [-0.25, -0.2) is 4.98 Å². The van der Waals surface area contributed by atoms with Gasteiger partial charge in [0.25, 0.3) is 0 Å². The lowest BCUT2D eigenvalue weighted by Gasteiger charge is -2.06. The number of ether oxygens (including phenoxy) is 1. The van der Waals surface area contributed by atoms with Gasteiger partial charge in [-0.05, 0) is 42.0 Å². The normalized spacial score (nSPS) is 11.4. The standard InChI is InChI=1S/C30H21N5O2S/c1-36-21-13-11-19(12-14-21)17-28-32-33-30-35(28)34-29(38-30)23-18-25(31-24-10-6-5-9-22(23)24)27-16-15-26(37-27)20-7-3-2-4-8-20/h2-16,18H,17H2,1H3. The zero-order valence-corrected chi connectivity index (χ0v) is 21.2. The number of hydrogen-bond acceptors (Lipinski definition) is 7. The molecule has 0 fully saturated rings. The summed E-state index contributed by atoms with van der Waals surface area (Å²) in [5.74, 6) is 3.12. The molecule has 0 aliphatic heterocycles. The van der Waals surface area contributed by atoms with Gasteiger partial charge in [-0.3, -0.25) is 0 Å². The third-order valence-electron chi connectivity index (χ3n) is 6.44. The molecule has 0 aliphatic carbocycles. The Morgan fingerprint density at radius 1 is 0.842 bits per heavy atom. The Morgan fingerprint density at radius 2 is 1.63 bits per heavy atom.